The van der Waals surface area contributed by atoms with Crippen LogP contribution < -0.4 is 16.0 Å². The lowest BCUT2D eigenvalue weighted by Gasteiger charge is -2.24. The highest BCUT2D eigenvalue weighted by Gasteiger charge is 2.35. The summed E-state index contributed by atoms with van der Waals surface area (Å²) in [7, 11) is 0. The molecule has 0 spiro atoms. The van der Waals surface area contributed by atoms with E-state index in [9.17, 15) is 0 Å². The molecule has 1 aromatic rings. The van der Waals surface area contributed by atoms with Crippen molar-refractivity contribution in [2.75, 3.05) is 43.5 Å². The van der Waals surface area contributed by atoms with Gasteiger partial charge in [0.05, 0.1) is 12.3 Å². The molecule has 0 bridgehead atoms. The van der Waals surface area contributed by atoms with Gasteiger partial charge in [0.25, 0.3) is 0 Å². The molecule has 21 heavy (non-hydrogen) atoms. The van der Waals surface area contributed by atoms with Crippen molar-refractivity contribution in [1.82, 2.24) is 15.3 Å². The number of aromatic nitrogens is 2. The molecule has 0 aromatic carbocycles. The van der Waals surface area contributed by atoms with Crippen LogP contribution in [0, 0.1) is 5.92 Å². The van der Waals surface area contributed by atoms with Crippen molar-refractivity contribution in [3.05, 3.63) is 11.8 Å². The van der Waals surface area contributed by atoms with Crippen molar-refractivity contribution >= 4 is 11.8 Å². The van der Waals surface area contributed by atoms with Gasteiger partial charge in [0, 0.05) is 37.7 Å². The molecule has 0 aliphatic carbocycles. The second-order valence-electron chi connectivity index (χ2n) is 6.44. The molecule has 1 unspecified atom stereocenters. The minimum atomic E-state index is 0.372. The van der Waals surface area contributed by atoms with Gasteiger partial charge in [0.2, 0.25) is 5.95 Å². The fourth-order valence-corrected chi connectivity index (χ4v) is 3.84. The van der Waals surface area contributed by atoms with Crippen molar-refractivity contribution in [2.45, 2.75) is 31.2 Å². The standard InChI is InChI=1S/C15H23N5O/c16-15-18-12(11-3-5-21-9-11)6-14(19-15)20-7-10-2-1-4-17-13(10)8-20/h6,10-11,13,17H,1-5,7-9H2,(H2,16,18,19)/t10-,11?,13+/m0/s1. The van der Waals surface area contributed by atoms with Gasteiger partial charge in [-0.25, -0.2) is 4.98 Å². The maximum absolute atomic E-state index is 5.94. The molecule has 1 aromatic heterocycles. The maximum Gasteiger partial charge on any atom is 0.222 e. The Balaban J connectivity index is 1.57. The first kappa shape index (κ1) is 13.3. The summed E-state index contributed by atoms with van der Waals surface area (Å²) in [4.78, 5) is 11.3. The van der Waals surface area contributed by atoms with Crippen LogP contribution in [0.5, 0.6) is 0 Å². The number of nitrogens with one attached hydrogen (secondary N) is 1. The molecule has 3 saturated heterocycles. The third-order valence-corrected chi connectivity index (χ3v) is 5.02. The normalized spacial score (nSPS) is 32.4. The molecule has 0 saturated carbocycles. The van der Waals surface area contributed by atoms with Gasteiger partial charge in [-0.15, -0.1) is 0 Å². The third-order valence-electron chi connectivity index (χ3n) is 5.02. The first-order chi connectivity index (χ1) is 10.3. The van der Waals surface area contributed by atoms with Crippen molar-refractivity contribution in [3.63, 3.8) is 0 Å². The van der Waals surface area contributed by atoms with Gasteiger partial charge in [-0.1, -0.05) is 0 Å². The molecule has 4 rings (SSSR count). The molecule has 3 aliphatic rings. The lowest BCUT2D eigenvalue weighted by atomic mass is 9.94. The van der Waals surface area contributed by atoms with Crippen LogP contribution in [0.3, 0.4) is 0 Å². The zero-order valence-electron chi connectivity index (χ0n) is 12.3. The lowest BCUT2D eigenvalue weighted by molar-refractivity contribution is 0.193. The number of hydrogen-bond acceptors (Lipinski definition) is 6. The van der Waals surface area contributed by atoms with Gasteiger partial charge in [0.1, 0.15) is 5.82 Å². The Labute approximate surface area is 125 Å². The molecule has 0 amide bonds. The summed E-state index contributed by atoms with van der Waals surface area (Å²) in [5.41, 5.74) is 6.98. The highest BCUT2D eigenvalue weighted by molar-refractivity contribution is 5.46. The van der Waals surface area contributed by atoms with Crippen molar-refractivity contribution in [2.24, 2.45) is 5.92 Å². The highest BCUT2D eigenvalue weighted by Crippen LogP contribution is 2.31. The van der Waals surface area contributed by atoms with Crippen LogP contribution in [0.25, 0.3) is 0 Å². The summed E-state index contributed by atoms with van der Waals surface area (Å²) in [5.74, 6) is 2.49. The predicted molar refractivity (Wildman–Crippen MR) is 81.3 cm³/mol. The molecule has 4 heterocycles. The van der Waals surface area contributed by atoms with E-state index in [1.165, 1.54) is 12.8 Å². The summed E-state index contributed by atoms with van der Waals surface area (Å²) in [6.45, 7) is 4.83. The Morgan fingerprint density at radius 1 is 1.29 bits per heavy atom. The molecule has 3 N–H and O–H groups in total. The van der Waals surface area contributed by atoms with Crippen LogP contribution >= 0.6 is 0 Å². The number of rotatable bonds is 2. The zero-order chi connectivity index (χ0) is 14.2. The Morgan fingerprint density at radius 3 is 3.05 bits per heavy atom. The Morgan fingerprint density at radius 2 is 2.24 bits per heavy atom. The van der Waals surface area contributed by atoms with E-state index in [1.54, 1.807) is 0 Å². The number of hydrogen-bond donors (Lipinski definition) is 2. The van der Waals surface area contributed by atoms with Crippen LogP contribution in [0.4, 0.5) is 11.8 Å². The van der Waals surface area contributed by atoms with Crippen LogP contribution in [0.15, 0.2) is 6.07 Å². The van der Waals surface area contributed by atoms with Crippen molar-refractivity contribution < 1.29 is 4.74 Å². The number of ether oxygens (including phenoxy) is 1. The summed E-state index contributed by atoms with van der Waals surface area (Å²) in [5, 5.41) is 3.63. The van der Waals surface area contributed by atoms with Gasteiger partial charge in [-0.2, -0.15) is 4.98 Å². The van der Waals surface area contributed by atoms with Gasteiger partial charge >= 0.3 is 0 Å². The molecule has 114 valence electrons. The van der Waals surface area contributed by atoms with Crippen molar-refractivity contribution in [1.29, 1.82) is 0 Å². The van der Waals surface area contributed by atoms with Crippen LogP contribution in [0.1, 0.15) is 30.9 Å². The fourth-order valence-electron chi connectivity index (χ4n) is 3.84. The molecular weight excluding hydrogens is 266 g/mol. The number of piperidine rings is 1. The van der Waals surface area contributed by atoms with E-state index in [2.05, 4.69) is 26.3 Å². The second kappa shape index (κ2) is 5.42. The van der Waals surface area contributed by atoms with Crippen LogP contribution in [0.2, 0.25) is 0 Å². The number of nitrogens with zero attached hydrogens (tertiary/aromatic N) is 3. The summed E-state index contributed by atoms with van der Waals surface area (Å²) < 4.78 is 5.47. The molecular formula is C15H23N5O. The number of nitrogens with two attached hydrogens (primary N) is 1. The zero-order valence-corrected chi connectivity index (χ0v) is 12.3. The third kappa shape index (κ3) is 2.58. The minimum absolute atomic E-state index is 0.372. The summed E-state index contributed by atoms with van der Waals surface area (Å²) in [6.07, 6.45) is 3.63. The minimum Gasteiger partial charge on any atom is -0.381 e. The van der Waals surface area contributed by atoms with Gasteiger partial charge in [-0.3, -0.25) is 0 Å². The second-order valence-corrected chi connectivity index (χ2v) is 6.44. The molecule has 0 radical (unpaired) electrons. The number of fused-ring (bicyclic) bond motifs is 1. The quantitative estimate of drug-likeness (QED) is 0.837. The average molecular weight is 289 g/mol. The maximum atomic E-state index is 5.94. The monoisotopic (exact) mass is 289 g/mol. The topological polar surface area (TPSA) is 76.3 Å². The van der Waals surface area contributed by atoms with Gasteiger partial charge in [-0.05, 0) is 31.7 Å². The Hall–Kier alpha value is -1.40. The fraction of sp³-hybridized carbons (Fsp3) is 0.733. The van der Waals surface area contributed by atoms with Gasteiger partial charge in [0.15, 0.2) is 0 Å². The van der Waals surface area contributed by atoms with Crippen LogP contribution in [-0.4, -0.2) is 48.9 Å². The van der Waals surface area contributed by atoms with E-state index in [4.69, 9.17) is 10.5 Å². The summed E-state index contributed by atoms with van der Waals surface area (Å²) >= 11 is 0. The van der Waals surface area contributed by atoms with Crippen LogP contribution in [-0.2, 0) is 4.74 Å². The first-order valence-electron chi connectivity index (χ1n) is 8.00. The first-order valence-corrected chi connectivity index (χ1v) is 8.00. The van der Waals surface area contributed by atoms with E-state index < -0.39 is 0 Å². The molecule has 3 atom stereocenters. The van der Waals surface area contributed by atoms with E-state index >= 15 is 0 Å². The van der Waals surface area contributed by atoms with E-state index in [0.29, 0.717) is 17.9 Å². The SMILES string of the molecule is Nc1nc(C2CCOC2)cc(N2C[C@@H]3CCCN[C@@H]3C2)n1. The predicted octanol–water partition coefficient (Wildman–Crippen LogP) is 0.751. The Kier molecular flexibility index (Phi) is 3.43. The van der Waals surface area contributed by atoms with Crippen molar-refractivity contribution in [3.8, 4) is 0 Å². The molecule has 6 heteroatoms. The number of nitrogen functional groups attached to an aromatic ring is 1. The smallest absolute Gasteiger partial charge is 0.222 e. The largest absolute Gasteiger partial charge is 0.381 e. The average Bonchev–Trinajstić information content (AvgIpc) is 3.16. The summed E-state index contributed by atoms with van der Waals surface area (Å²) in [6, 6.07) is 2.72. The van der Waals surface area contributed by atoms with E-state index in [-0.39, 0.29) is 0 Å². The van der Waals surface area contributed by atoms with Gasteiger partial charge < -0.3 is 20.7 Å². The Bertz CT molecular complexity index is 503. The lowest BCUT2D eigenvalue weighted by Crippen LogP contribution is -2.40. The molecule has 3 aliphatic heterocycles. The molecule has 6 nitrogen and oxygen atoms in total. The highest BCUT2D eigenvalue weighted by atomic mass is 16.5. The molecule has 3 fully saturated rings. The number of anilines is 2. The van der Waals surface area contributed by atoms with E-state index in [0.717, 1.165) is 56.7 Å². The van der Waals surface area contributed by atoms with E-state index in [1.807, 2.05) is 0 Å².